The third kappa shape index (κ3) is 4.31. The van der Waals surface area contributed by atoms with Crippen LogP contribution in [0, 0.1) is 10.1 Å². The van der Waals surface area contributed by atoms with Crippen LogP contribution in [-0.2, 0) is 10.0 Å². The predicted molar refractivity (Wildman–Crippen MR) is 130 cm³/mol. The number of sulfonamides is 1. The first-order valence-corrected chi connectivity index (χ1v) is 12.6. The van der Waals surface area contributed by atoms with E-state index in [1.165, 1.54) is 34.9 Å². The molecule has 0 radical (unpaired) electrons. The quantitative estimate of drug-likeness (QED) is 0.267. The molecule has 1 saturated heterocycles. The van der Waals surface area contributed by atoms with Crippen molar-refractivity contribution in [2.75, 3.05) is 37.7 Å². The van der Waals surface area contributed by atoms with Crippen LogP contribution in [0.2, 0.25) is 0 Å². The average molecular weight is 511 g/mol. The van der Waals surface area contributed by atoms with Crippen molar-refractivity contribution < 1.29 is 18.1 Å². The fourth-order valence-electron chi connectivity index (χ4n) is 4.02. The van der Waals surface area contributed by atoms with E-state index in [0.29, 0.717) is 36.7 Å². The summed E-state index contributed by atoms with van der Waals surface area (Å²) in [6.45, 7) is 3.70. The molecule has 0 N–H and O–H groups in total. The molecule has 186 valence electrons. The molecule has 1 fully saturated rings. The summed E-state index contributed by atoms with van der Waals surface area (Å²) < 4.78 is 34.5. The minimum atomic E-state index is -3.78. The van der Waals surface area contributed by atoms with Gasteiger partial charge in [-0.3, -0.25) is 10.1 Å². The molecule has 3 heterocycles. The number of anilines is 1. The molecule has 2 aromatic carbocycles. The van der Waals surface area contributed by atoms with Crippen LogP contribution in [0.5, 0.6) is 5.75 Å². The summed E-state index contributed by atoms with van der Waals surface area (Å²) in [6, 6.07) is 12.3. The van der Waals surface area contributed by atoms with Crippen LogP contribution in [0.3, 0.4) is 0 Å². The van der Waals surface area contributed by atoms with Gasteiger partial charge in [-0.2, -0.15) is 8.99 Å². The Morgan fingerprint density at radius 3 is 2.33 bits per heavy atom. The lowest BCUT2D eigenvalue weighted by molar-refractivity contribution is -0.384. The Kier molecular flexibility index (Phi) is 6.20. The Hall–Kier alpha value is -4.17. The maximum atomic E-state index is 13.0. The van der Waals surface area contributed by atoms with Crippen molar-refractivity contribution in [2.45, 2.75) is 11.8 Å². The van der Waals surface area contributed by atoms with E-state index in [-0.39, 0.29) is 23.7 Å². The van der Waals surface area contributed by atoms with Gasteiger partial charge < -0.3 is 9.64 Å². The van der Waals surface area contributed by atoms with Gasteiger partial charge in [0.1, 0.15) is 12.1 Å². The fourth-order valence-corrected chi connectivity index (χ4v) is 5.44. The molecule has 1 aliphatic heterocycles. The largest absolute Gasteiger partial charge is 0.494 e. The maximum Gasteiger partial charge on any atom is 0.269 e. The number of nitro groups is 1. The Labute approximate surface area is 206 Å². The number of hydrogen-bond donors (Lipinski definition) is 0. The monoisotopic (exact) mass is 510 g/mol. The molecule has 13 nitrogen and oxygen atoms in total. The lowest BCUT2D eigenvalue weighted by Crippen LogP contribution is -2.49. The zero-order valence-electron chi connectivity index (χ0n) is 19.3. The number of hydrogen-bond acceptors (Lipinski definition) is 10. The molecular weight excluding hydrogens is 488 g/mol. The Morgan fingerprint density at radius 1 is 1.00 bits per heavy atom. The first-order valence-electron chi connectivity index (χ1n) is 11.2. The summed E-state index contributed by atoms with van der Waals surface area (Å²) in [4.78, 5) is 21.0. The molecule has 36 heavy (non-hydrogen) atoms. The second-order valence-electron chi connectivity index (χ2n) is 7.94. The van der Waals surface area contributed by atoms with E-state index in [2.05, 4.69) is 20.3 Å². The first-order chi connectivity index (χ1) is 17.4. The van der Waals surface area contributed by atoms with Crippen molar-refractivity contribution in [1.82, 2.24) is 29.3 Å². The number of non-ortho nitro benzene ring substituents is 1. The standard InChI is InChI=1S/C22H22N8O5S/c1-2-35-18-7-3-16(4-8-18)29-22-20(25-26-29)21(23-15-24-22)27-11-13-28(14-12-27)36(33,34)19-9-5-17(6-10-19)30(31)32/h3-10,15H,2,11-14H2,1H3. The van der Waals surface area contributed by atoms with Gasteiger partial charge in [-0.25, -0.2) is 18.4 Å². The molecule has 0 aliphatic carbocycles. The van der Waals surface area contributed by atoms with Gasteiger partial charge in [0.15, 0.2) is 17.0 Å². The third-order valence-corrected chi connectivity index (χ3v) is 7.75. The van der Waals surface area contributed by atoms with E-state index in [9.17, 15) is 18.5 Å². The lowest BCUT2D eigenvalue weighted by Gasteiger charge is -2.34. The van der Waals surface area contributed by atoms with E-state index < -0.39 is 14.9 Å². The number of nitro benzene ring substituents is 1. The van der Waals surface area contributed by atoms with Crippen LogP contribution in [0.15, 0.2) is 59.8 Å². The zero-order valence-corrected chi connectivity index (χ0v) is 20.1. The van der Waals surface area contributed by atoms with Crippen LogP contribution in [0.4, 0.5) is 11.5 Å². The van der Waals surface area contributed by atoms with Gasteiger partial charge in [-0.05, 0) is 43.3 Å². The van der Waals surface area contributed by atoms with E-state index in [1.807, 2.05) is 36.1 Å². The van der Waals surface area contributed by atoms with Crippen LogP contribution >= 0.6 is 0 Å². The number of fused-ring (bicyclic) bond motifs is 1. The summed E-state index contributed by atoms with van der Waals surface area (Å²) >= 11 is 0. The number of piperazine rings is 1. The number of rotatable bonds is 7. The topological polar surface area (TPSA) is 149 Å². The second-order valence-corrected chi connectivity index (χ2v) is 9.88. The van der Waals surface area contributed by atoms with Crippen molar-refractivity contribution >= 4 is 32.7 Å². The first kappa shape index (κ1) is 23.6. The van der Waals surface area contributed by atoms with Crippen molar-refractivity contribution in [1.29, 1.82) is 0 Å². The number of aromatic nitrogens is 5. The molecule has 0 bridgehead atoms. The summed E-state index contributed by atoms with van der Waals surface area (Å²) in [7, 11) is -3.78. The van der Waals surface area contributed by atoms with Crippen molar-refractivity contribution in [3.8, 4) is 11.4 Å². The van der Waals surface area contributed by atoms with E-state index in [0.717, 1.165) is 11.4 Å². The normalized spacial score (nSPS) is 14.8. The van der Waals surface area contributed by atoms with Gasteiger partial charge in [-0.15, -0.1) is 5.10 Å². The molecule has 1 aliphatic rings. The van der Waals surface area contributed by atoms with Crippen molar-refractivity contribution in [3.63, 3.8) is 0 Å². The molecule has 2 aromatic heterocycles. The van der Waals surface area contributed by atoms with E-state index in [4.69, 9.17) is 4.74 Å². The van der Waals surface area contributed by atoms with Crippen LogP contribution in [-0.4, -0.2) is 75.4 Å². The van der Waals surface area contributed by atoms with Gasteiger partial charge in [0.2, 0.25) is 10.0 Å². The van der Waals surface area contributed by atoms with Gasteiger partial charge in [0.05, 0.1) is 22.1 Å². The molecule has 0 spiro atoms. The summed E-state index contributed by atoms with van der Waals surface area (Å²) in [5.41, 5.74) is 1.65. The predicted octanol–water partition coefficient (Wildman–Crippen LogP) is 2.03. The highest BCUT2D eigenvalue weighted by atomic mass is 32.2. The summed E-state index contributed by atoms with van der Waals surface area (Å²) in [5, 5.41) is 19.4. The van der Waals surface area contributed by atoms with E-state index >= 15 is 0 Å². The highest BCUT2D eigenvalue weighted by Gasteiger charge is 2.30. The van der Waals surface area contributed by atoms with Gasteiger partial charge >= 0.3 is 0 Å². The second kappa shape index (κ2) is 9.47. The number of ether oxygens (including phenoxy) is 1. The highest BCUT2D eigenvalue weighted by Crippen LogP contribution is 2.26. The molecule has 5 rings (SSSR count). The van der Waals surface area contributed by atoms with E-state index in [1.54, 1.807) is 4.68 Å². The Morgan fingerprint density at radius 2 is 1.69 bits per heavy atom. The molecule has 4 aromatic rings. The minimum Gasteiger partial charge on any atom is -0.494 e. The summed E-state index contributed by atoms with van der Waals surface area (Å²) in [5.74, 6) is 1.33. The smallest absolute Gasteiger partial charge is 0.269 e. The molecule has 0 atom stereocenters. The molecule has 0 unspecified atom stereocenters. The van der Waals surface area contributed by atoms with Crippen molar-refractivity contribution in [2.24, 2.45) is 0 Å². The number of nitrogens with zero attached hydrogens (tertiary/aromatic N) is 8. The van der Waals surface area contributed by atoms with Gasteiger partial charge in [0, 0.05) is 38.3 Å². The highest BCUT2D eigenvalue weighted by molar-refractivity contribution is 7.89. The lowest BCUT2D eigenvalue weighted by atomic mass is 10.3. The van der Waals surface area contributed by atoms with Crippen LogP contribution < -0.4 is 9.64 Å². The molecule has 0 saturated carbocycles. The fraction of sp³-hybridized carbons (Fsp3) is 0.273. The van der Waals surface area contributed by atoms with Crippen LogP contribution in [0.1, 0.15) is 6.92 Å². The maximum absolute atomic E-state index is 13.0. The molecule has 0 amide bonds. The SMILES string of the molecule is CCOc1ccc(-n2nnc3c(N4CCN(S(=O)(=O)c5ccc([N+](=O)[O-])cc5)CC4)ncnc32)cc1. The third-order valence-electron chi connectivity index (χ3n) is 5.83. The van der Waals surface area contributed by atoms with Crippen LogP contribution in [0.25, 0.3) is 16.9 Å². The minimum absolute atomic E-state index is 0.0178. The average Bonchev–Trinajstić information content (AvgIpc) is 3.34. The van der Waals surface area contributed by atoms with Gasteiger partial charge in [0.25, 0.3) is 5.69 Å². The molecular formula is C22H22N8O5S. The number of benzene rings is 2. The Bertz CT molecular complexity index is 1500. The molecule has 14 heteroatoms. The summed E-state index contributed by atoms with van der Waals surface area (Å²) in [6.07, 6.45) is 1.44. The van der Waals surface area contributed by atoms with Crippen molar-refractivity contribution in [3.05, 3.63) is 65.0 Å². The Balaban J connectivity index is 1.34. The zero-order chi connectivity index (χ0) is 25.3. The van der Waals surface area contributed by atoms with Gasteiger partial charge in [-0.1, -0.05) is 5.21 Å².